The minimum absolute atomic E-state index is 0.128. The van der Waals surface area contributed by atoms with E-state index >= 15 is 0 Å². The Bertz CT molecular complexity index is 855. The third-order valence-electron chi connectivity index (χ3n) is 2.77. The fourth-order valence-electron chi connectivity index (χ4n) is 1.78. The summed E-state index contributed by atoms with van der Waals surface area (Å²) in [5.74, 6) is -2.15. The first-order valence-electron chi connectivity index (χ1n) is 6.59. The van der Waals surface area contributed by atoms with Gasteiger partial charge in [-0.15, -0.1) is 11.3 Å². The average Bonchev–Trinajstić information content (AvgIpc) is 3.28. The summed E-state index contributed by atoms with van der Waals surface area (Å²) >= 11 is 1.21. The van der Waals surface area contributed by atoms with Crippen LogP contribution in [0.3, 0.4) is 0 Å². The number of hydrogen-bond acceptors (Lipinski definition) is 7. The van der Waals surface area contributed by atoms with E-state index in [1.165, 1.54) is 23.9 Å². The Hall–Kier alpha value is -2.73. The molecule has 0 atom stereocenters. The van der Waals surface area contributed by atoms with E-state index in [-0.39, 0.29) is 11.5 Å². The van der Waals surface area contributed by atoms with E-state index in [1.54, 1.807) is 16.7 Å². The Kier molecular flexibility index (Phi) is 5.54. The third-order valence-corrected chi connectivity index (χ3v) is 3.84. The quantitative estimate of drug-likeness (QED) is 0.717. The monoisotopic (exact) mass is 375 g/mol. The maximum absolute atomic E-state index is 12.4. The average molecular weight is 375 g/mol. The third kappa shape index (κ3) is 4.42. The number of halogens is 3. The van der Waals surface area contributed by atoms with Gasteiger partial charge in [0.25, 0.3) is 5.91 Å². The van der Waals surface area contributed by atoms with E-state index in [9.17, 15) is 18.0 Å². The van der Waals surface area contributed by atoms with Crippen molar-refractivity contribution in [3.8, 4) is 10.7 Å². The second-order valence-corrected chi connectivity index (χ2v) is 5.65. The molecule has 0 fully saturated rings. The highest BCUT2D eigenvalue weighted by Gasteiger charge is 2.38. The first kappa shape index (κ1) is 18.6. The zero-order valence-electron chi connectivity index (χ0n) is 12.7. The van der Waals surface area contributed by atoms with Crippen molar-refractivity contribution in [1.29, 1.82) is 0 Å². The Morgan fingerprint density at radius 1 is 1.40 bits per heavy atom. The second-order valence-electron chi connectivity index (χ2n) is 4.48. The number of aromatic nitrogens is 4. The molecule has 0 aliphatic rings. The van der Waals surface area contributed by atoms with Crippen molar-refractivity contribution in [1.82, 2.24) is 19.7 Å². The Balaban J connectivity index is 0.00000109. The molecule has 0 saturated carbocycles. The Morgan fingerprint density at radius 2 is 2.12 bits per heavy atom. The summed E-state index contributed by atoms with van der Waals surface area (Å²) < 4.78 is 43.1. The Labute approximate surface area is 142 Å². The van der Waals surface area contributed by atoms with E-state index in [0.717, 1.165) is 12.0 Å². The van der Waals surface area contributed by atoms with Gasteiger partial charge in [-0.25, -0.2) is 4.98 Å². The predicted molar refractivity (Wildman–Crippen MR) is 80.6 cm³/mol. The van der Waals surface area contributed by atoms with Crippen molar-refractivity contribution in [2.45, 2.75) is 12.7 Å². The lowest BCUT2D eigenvalue weighted by Gasteiger charge is -1.97. The molecule has 25 heavy (non-hydrogen) atoms. The number of carbonyl (C=O) groups is 1. The molecule has 12 heteroatoms. The zero-order chi connectivity index (χ0) is 18.6. The molecule has 3 heterocycles. The SMILES string of the molecule is CO.NC(=O)c1cn(Cc2ccc(-c3noc(C(F)(F)F)n3)s2)cn1. The lowest BCUT2D eigenvalue weighted by Crippen LogP contribution is -2.11. The van der Waals surface area contributed by atoms with Crippen LogP contribution in [0.4, 0.5) is 13.2 Å². The first-order chi connectivity index (χ1) is 11.8. The van der Waals surface area contributed by atoms with Crippen LogP contribution in [-0.2, 0) is 12.7 Å². The number of aliphatic hydroxyl groups excluding tert-OH is 1. The number of hydrogen-bond donors (Lipinski definition) is 2. The molecule has 0 aromatic carbocycles. The van der Waals surface area contributed by atoms with E-state index in [1.807, 2.05) is 0 Å². The van der Waals surface area contributed by atoms with Gasteiger partial charge < -0.3 is 19.9 Å². The number of carbonyl (C=O) groups excluding carboxylic acids is 1. The minimum atomic E-state index is -4.67. The van der Waals surface area contributed by atoms with Gasteiger partial charge in [-0.05, 0) is 12.1 Å². The maximum Gasteiger partial charge on any atom is 0.471 e. The number of thiophene rings is 1. The smallest absolute Gasteiger partial charge is 0.400 e. The van der Waals surface area contributed by atoms with Crippen LogP contribution in [0.1, 0.15) is 21.3 Å². The van der Waals surface area contributed by atoms with Gasteiger partial charge in [-0.1, -0.05) is 5.16 Å². The molecule has 0 aliphatic carbocycles. The van der Waals surface area contributed by atoms with Gasteiger partial charge in [0.1, 0.15) is 5.69 Å². The number of nitrogens with zero attached hydrogens (tertiary/aromatic N) is 4. The second kappa shape index (κ2) is 7.44. The fourth-order valence-corrected chi connectivity index (χ4v) is 2.72. The van der Waals surface area contributed by atoms with Gasteiger partial charge in [-0.3, -0.25) is 4.79 Å². The van der Waals surface area contributed by atoms with Gasteiger partial charge in [0.15, 0.2) is 0 Å². The number of rotatable bonds is 4. The van der Waals surface area contributed by atoms with Gasteiger partial charge in [-0.2, -0.15) is 18.2 Å². The van der Waals surface area contributed by atoms with Gasteiger partial charge in [0.2, 0.25) is 5.82 Å². The number of primary amides is 1. The summed E-state index contributed by atoms with van der Waals surface area (Å²) in [7, 11) is 1.00. The largest absolute Gasteiger partial charge is 0.471 e. The topological polar surface area (TPSA) is 120 Å². The lowest BCUT2D eigenvalue weighted by atomic mass is 10.4. The van der Waals surface area contributed by atoms with Crippen LogP contribution >= 0.6 is 11.3 Å². The standard InChI is InChI=1S/C12H8F3N5O2S.CH4O/c13-12(14,15)11-18-10(19-22-11)8-2-1-6(23-8)3-20-4-7(9(16)21)17-5-20;1-2/h1-2,4-5H,3H2,(H2,16,21);2H,1H3. The molecule has 3 aromatic rings. The van der Waals surface area contributed by atoms with Crippen LogP contribution in [0.2, 0.25) is 0 Å². The molecule has 0 saturated heterocycles. The molecule has 0 spiro atoms. The predicted octanol–water partition coefficient (Wildman–Crippen LogP) is 1.77. The number of imidazole rings is 1. The van der Waals surface area contributed by atoms with Crippen molar-refractivity contribution in [3.63, 3.8) is 0 Å². The molecular formula is C13H12F3N5O3S. The van der Waals surface area contributed by atoms with Crippen molar-refractivity contribution in [2.75, 3.05) is 7.11 Å². The van der Waals surface area contributed by atoms with Crippen molar-refractivity contribution >= 4 is 17.2 Å². The van der Waals surface area contributed by atoms with Crippen molar-refractivity contribution in [2.24, 2.45) is 5.73 Å². The number of amides is 1. The maximum atomic E-state index is 12.4. The molecule has 3 N–H and O–H groups in total. The molecule has 0 bridgehead atoms. The molecule has 0 unspecified atom stereocenters. The number of aliphatic hydroxyl groups is 1. The molecule has 134 valence electrons. The summed E-state index contributed by atoms with van der Waals surface area (Å²) in [6, 6.07) is 3.31. The molecule has 0 aliphatic heterocycles. The zero-order valence-corrected chi connectivity index (χ0v) is 13.5. The summed E-state index contributed by atoms with van der Waals surface area (Å²) in [5, 5.41) is 10.3. The summed E-state index contributed by atoms with van der Waals surface area (Å²) in [6.07, 6.45) is -1.75. The Morgan fingerprint density at radius 3 is 2.68 bits per heavy atom. The molecule has 3 aromatic heterocycles. The fraction of sp³-hybridized carbons (Fsp3) is 0.231. The van der Waals surface area contributed by atoms with Gasteiger partial charge in [0.05, 0.1) is 17.7 Å². The highest BCUT2D eigenvalue weighted by molar-refractivity contribution is 7.15. The number of nitrogens with two attached hydrogens (primary N) is 1. The summed E-state index contributed by atoms with van der Waals surface area (Å²) in [6.45, 7) is 0.384. The molecule has 3 rings (SSSR count). The van der Waals surface area contributed by atoms with E-state index in [0.29, 0.717) is 11.4 Å². The van der Waals surface area contributed by atoms with Crippen LogP contribution in [0.15, 0.2) is 29.2 Å². The van der Waals surface area contributed by atoms with E-state index in [2.05, 4.69) is 19.6 Å². The van der Waals surface area contributed by atoms with Crippen molar-refractivity contribution < 1.29 is 27.6 Å². The first-order valence-corrected chi connectivity index (χ1v) is 7.41. The van der Waals surface area contributed by atoms with E-state index < -0.39 is 18.0 Å². The van der Waals surface area contributed by atoms with Crippen molar-refractivity contribution in [3.05, 3.63) is 41.1 Å². The van der Waals surface area contributed by atoms with Crippen LogP contribution in [0, 0.1) is 0 Å². The van der Waals surface area contributed by atoms with Crippen LogP contribution in [-0.4, -0.2) is 37.8 Å². The molecule has 8 nitrogen and oxygen atoms in total. The molecule has 1 amide bonds. The van der Waals surface area contributed by atoms with E-state index in [4.69, 9.17) is 10.8 Å². The van der Waals surface area contributed by atoms with Gasteiger partial charge >= 0.3 is 12.1 Å². The minimum Gasteiger partial charge on any atom is -0.400 e. The van der Waals surface area contributed by atoms with Gasteiger partial charge in [0, 0.05) is 18.2 Å². The lowest BCUT2D eigenvalue weighted by molar-refractivity contribution is -0.159. The normalized spacial score (nSPS) is 11.1. The van der Waals surface area contributed by atoms with Crippen LogP contribution < -0.4 is 5.73 Å². The summed E-state index contributed by atoms with van der Waals surface area (Å²) in [5.41, 5.74) is 5.24. The highest BCUT2D eigenvalue weighted by atomic mass is 32.1. The molecular weight excluding hydrogens is 363 g/mol. The summed E-state index contributed by atoms with van der Waals surface area (Å²) in [4.78, 5) is 19.4. The highest BCUT2D eigenvalue weighted by Crippen LogP contribution is 2.31. The van der Waals surface area contributed by atoms with Crippen LogP contribution in [0.5, 0.6) is 0 Å². The van der Waals surface area contributed by atoms with Crippen LogP contribution in [0.25, 0.3) is 10.7 Å². The molecule has 0 radical (unpaired) electrons. The number of alkyl halides is 3.